The molecule has 0 bridgehead atoms. The first-order chi connectivity index (χ1) is 7.68. The van der Waals surface area contributed by atoms with E-state index in [1.807, 2.05) is 14.0 Å². The predicted molar refractivity (Wildman–Crippen MR) is 63.1 cm³/mol. The molecule has 5 heteroatoms. The predicted octanol–water partition coefficient (Wildman–Crippen LogP) is 0.533. The average Bonchev–Trinajstić information content (AvgIpc) is 2.51. The van der Waals surface area contributed by atoms with Crippen molar-refractivity contribution in [2.75, 3.05) is 32.0 Å². The number of aromatic nitrogens is 2. The van der Waals surface area contributed by atoms with Gasteiger partial charge < -0.3 is 10.5 Å². The van der Waals surface area contributed by atoms with Gasteiger partial charge in [-0.3, -0.25) is 9.58 Å². The fraction of sp³-hybridized carbons (Fsp3) is 0.727. The van der Waals surface area contributed by atoms with E-state index in [0.29, 0.717) is 0 Å². The number of ether oxygens (including phenoxy) is 1. The third kappa shape index (κ3) is 2.36. The van der Waals surface area contributed by atoms with E-state index < -0.39 is 0 Å². The van der Waals surface area contributed by atoms with E-state index in [9.17, 15) is 0 Å². The fourth-order valence-electron chi connectivity index (χ4n) is 2.09. The summed E-state index contributed by atoms with van der Waals surface area (Å²) in [7, 11) is 1.89. The molecule has 0 aromatic carbocycles. The van der Waals surface area contributed by atoms with Crippen molar-refractivity contribution in [2.24, 2.45) is 7.05 Å². The lowest BCUT2D eigenvalue weighted by atomic mass is 10.2. The van der Waals surface area contributed by atoms with E-state index in [2.05, 4.69) is 10.00 Å². The van der Waals surface area contributed by atoms with Crippen molar-refractivity contribution in [1.29, 1.82) is 0 Å². The quantitative estimate of drug-likeness (QED) is 0.796. The summed E-state index contributed by atoms with van der Waals surface area (Å²) < 4.78 is 7.18. The third-order valence-corrected chi connectivity index (χ3v) is 3.09. The highest BCUT2D eigenvalue weighted by atomic mass is 16.5. The molecule has 1 aliphatic heterocycles. The fourth-order valence-corrected chi connectivity index (χ4v) is 2.09. The Bertz CT molecular complexity index is 353. The molecule has 0 aliphatic carbocycles. The van der Waals surface area contributed by atoms with Gasteiger partial charge in [-0.2, -0.15) is 5.10 Å². The highest BCUT2D eigenvalue weighted by Gasteiger charge is 2.15. The summed E-state index contributed by atoms with van der Waals surface area (Å²) in [5.74, 6) is 0.780. The molecule has 5 nitrogen and oxygen atoms in total. The van der Waals surface area contributed by atoms with Crippen molar-refractivity contribution in [3.63, 3.8) is 0 Å². The molecule has 16 heavy (non-hydrogen) atoms. The summed E-state index contributed by atoms with van der Waals surface area (Å²) in [5.41, 5.74) is 8.19. The van der Waals surface area contributed by atoms with Crippen molar-refractivity contribution in [1.82, 2.24) is 14.7 Å². The highest BCUT2D eigenvalue weighted by Crippen LogP contribution is 2.18. The molecule has 2 N–H and O–H groups in total. The Morgan fingerprint density at radius 1 is 1.38 bits per heavy atom. The van der Waals surface area contributed by atoms with Gasteiger partial charge in [-0.25, -0.2) is 0 Å². The molecule has 1 saturated heterocycles. The van der Waals surface area contributed by atoms with Crippen LogP contribution in [0.15, 0.2) is 0 Å². The molecule has 0 atom stereocenters. The summed E-state index contributed by atoms with van der Waals surface area (Å²) in [4.78, 5) is 2.38. The Balaban J connectivity index is 2.07. The second-order valence-electron chi connectivity index (χ2n) is 4.31. The zero-order chi connectivity index (χ0) is 11.5. The molecule has 0 spiro atoms. The van der Waals surface area contributed by atoms with Crippen LogP contribution in [-0.2, 0) is 18.3 Å². The number of nitrogens with two attached hydrogens (primary N) is 1. The molecule has 1 aromatic heterocycles. The molecule has 2 heterocycles. The van der Waals surface area contributed by atoms with Crippen molar-refractivity contribution in [3.8, 4) is 0 Å². The molecule has 1 aromatic rings. The molecule has 0 unspecified atom stereocenters. The molecule has 0 amide bonds. The maximum atomic E-state index is 6.00. The zero-order valence-electron chi connectivity index (χ0n) is 10.1. The zero-order valence-corrected chi connectivity index (χ0v) is 10.1. The van der Waals surface area contributed by atoms with Crippen LogP contribution in [0, 0.1) is 6.92 Å². The van der Waals surface area contributed by atoms with E-state index >= 15 is 0 Å². The van der Waals surface area contributed by atoms with Gasteiger partial charge in [-0.1, -0.05) is 0 Å². The minimum absolute atomic E-state index is 0.780. The van der Waals surface area contributed by atoms with Gasteiger partial charge in [0.1, 0.15) is 5.82 Å². The Morgan fingerprint density at radius 3 is 2.88 bits per heavy atom. The summed E-state index contributed by atoms with van der Waals surface area (Å²) >= 11 is 0. The molecule has 1 fully saturated rings. The Kier molecular flexibility index (Phi) is 3.46. The maximum Gasteiger partial charge on any atom is 0.126 e. The van der Waals surface area contributed by atoms with Gasteiger partial charge in [0.05, 0.1) is 12.3 Å². The maximum absolute atomic E-state index is 6.00. The van der Waals surface area contributed by atoms with Crippen LogP contribution < -0.4 is 5.73 Å². The SMILES string of the molecule is Cc1nn(C)c(N)c1CN1CCCOCC1. The van der Waals surface area contributed by atoms with Crippen LogP contribution in [0.3, 0.4) is 0 Å². The van der Waals surface area contributed by atoms with Crippen LogP contribution >= 0.6 is 0 Å². The van der Waals surface area contributed by atoms with Crippen LogP contribution in [0.25, 0.3) is 0 Å². The Labute approximate surface area is 96.2 Å². The molecular formula is C11H20N4O. The largest absolute Gasteiger partial charge is 0.384 e. The van der Waals surface area contributed by atoms with Crippen LogP contribution in [-0.4, -0.2) is 41.0 Å². The molecule has 0 radical (unpaired) electrons. The lowest BCUT2D eigenvalue weighted by Crippen LogP contribution is -2.26. The third-order valence-electron chi connectivity index (χ3n) is 3.09. The minimum atomic E-state index is 0.780. The van der Waals surface area contributed by atoms with E-state index in [4.69, 9.17) is 10.5 Å². The summed E-state index contributed by atoms with van der Waals surface area (Å²) in [6, 6.07) is 0. The van der Waals surface area contributed by atoms with E-state index in [1.165, 1.54) is 0 Å². The number of hydrogen-bond donors (Lipinski definition) is 1. The normalized spacial score (nSPS) is 18.6. The molecule has 1 aliphatic rings. The monoisotopic (exact) mass is 224 g/mol. The number of aryl methyl sites for hydroxylation is 2. The van der Waals surface area contributed by atoms with Crippen LogP contribution in [0.5, 0.6) is 0 Å². The van der Waals surface area contributed by atoms with E-state index in [0.717, 1.165) is 56.3 Å². The van der Waals surface area contributed by atoms with Gasteiger partial charge in [-0.05, 0) is 13.3 Å². The van der Waals surface area contributed by atoms with Crippen molar-refractivity contribution < 1.29 is 4.74 Å². The first-order valence-corrected chi connectivity index (χ1v) is 5.76. The molecule has 90 valence electrons. The second kappa shape index (κ2) is 4.84. The summed E-state index contributed by atoms with van der Waals surface area (Å²) in [6.07, 6.45) is 1.10. The smallest absolute Gasteiger partial charge is 0.126 e. The standard InChI is InChI=1S/C11H20N4O/c1-9-10(11(12)14(2)13-9)8-15-4-3-6-16-7-5-15/h3-8,12H2,1-2H3. The topological polar surface area (TPSA) is 56.3 Å². The Hall–Kier alpha value is -1.07. The number of nitrogens with zero attached hydrogens (tertiary/aromatic N) is 3. The highest BCUT2D eigenvalue weighted by molar-refractivity contribution is 5.42. The van der Waals surface area contributed by atoms with Crippen molar-refractivity contribution in [3.05, 3.63) is 11.3 Å². The lowest BCUT2D eigenvalue weighted by Gasteiger charge is -2.18. The first-order valence-electron chi connectivity index (χ1n) is 5.76. The lowest BCUT2D eigenvalue weighted by molar-refractivity contribution is 0.140. The molecule has 2 rings (SSSR count). The number of nitrogen functional groups attached to an aromatic ring is 1. The van der Waals surface area contributed by atoms with Crippen molar-refractivity contribution in [2.45, 2.75) is 19.9 Å². The van der Waals surface area contributed by atoms with Gasteiger partial charge in [0.2, 0.25) is 0 Å². The van der Waals surface area contributed by atoms with Crippen LogP contribution in [0.4, 0.5) is 5.82 Å². The van der Waals surface area contributed by atoms with Gasteiger partial charge in [-0.15, -0.1) is 0 Å². The number of anilines is 1. The van der Waals surface area contributed by atoms with Gasteiger partial charge in [0.25, 0.3) is 0 Å². The van der Waals surface area contributed by atoms with E-state index in [1.54, 1.807) is 4.68 Å². The van der Waals surface area contributed by atoms with Gasteiger partial charge in [0.15, 0.2) is 0 Å². The minimum Gasteiger partial charge on any atom is -0.384 e. The summed E-state index contributed by atoms with van der Waals surface area (Å²) in [5, 5.41) is 4.33. The van der Waals surface area contributed by atoms with Gasteiger partial charge >= 0.3 is 0 Å². The molecule has 0 saturated carbocycles. The van der Waals surface area contributed by atoms with Gasteiger partial charge in [0, 0.05) is 38.9 Å². The van der Waals surface area contributed by atoms with Crippen LogP contribution in [0.2, 0.25) is 0 Å². The number of rotatable bonds is 2. The average molecular weight is 224 g/mol. The molecular weight excluding hydrogens is 204 g/mol. The van der Waals surface area contributed by atoms with E-state index in [-0.39, 0.29) is 0 Å². The van der Waals surface area contributed by atoms with Crippen molar-refractivity contribution >= 4 is 5.82 Å². The number of hydrogen-bond acceptors (Lipinski definition) is 4. The Morgan fingerprint density at radius 2 is 2.19 bits per heavy atom. The van der Waals surface area contributed by atoms with Crippen LogP contribution in [0.1, 0.15) is 17.7 Å². The summed E-state index contributed by atoms with van der Waals surface area (Å²) in [6.45, 7) is 6.65. The first kappa shape index (κ1) is 11.4. The second-order valence-corrected chi connectivity index (χ2v) is 4.31.